The van der Waals surface area contributed by atoms with Crippen LogP contribution in [0.25, 0.3) is 0 Å². The first-order valence-electron chi connectivity index (χ1n) is 6.85. The summed E-state index contributed by atoms with van der Waals surface area (Å²) in [6, 6.07) is 6.58. The van der Waals surface area contributed by atoms with Gasteiger partial charge in [0, 0.05) is 6.54 Å². The predicted molar refractivity (Wildman–Crippen MR) is 79.0 cm³/mol. The minimum absolute atomic E-state index is 0. The molecule has 0 aliphatic heterocycles. The lowest BCUT2D eigenvalue weighted by molar-refractivity contribution is 0.313. The Morgan fingerprint density at radius 3 is 2.67 bits per heavy atom. The zero-order valence-corrected chi connectivity index (χ0v) is 12.0. The van der Waals surface area contributed by atoms with Crippen molar-refractivity contribution in [3.05, 3.63) is 29.3 Å². The highest BCUT2D eigenvalue weighted by molar-refractivity contribution is 5.85. The number of nitrogens with one attached hydrogen (secondary N) is 1. The molecule has 2 nitrogen and oxygen atoms in total. The third kappa shape index (κ3) is 4.51. The van der Waals surface area contributed by atoms with Crippen LogP contribution in [0.5, 0.6) is 5.75 Å². The Hall–Kier alpha value is -0.730. The van der Waals surface area contributed by atoms with Crippen LogP contribution in [0.1, 0.15) is 37.3 Å². The first-order valence-corrected chi connectivity index (χ1v) is 6.85. The topological polar surface area (TPSA) is 21.3 Å². The fourth-order valence-electron chi connectivity index (χ4n) is 2.34. The molecule has 2 rings (SSSR count). The van der Waals surface area contributed by atoms with Gasteiger partial charge in [-0.1, -0.05) is 13.0 Å². The first-order chi connectivity index (χ1) is 8.40. The molecule has 0 saturated heterocycles. The zero-order chi connectivity index (χ0) is 11.9. The fraction of sp³-hybridized carbons (Fsp3) is 0.600. The number of fused-ring (bicyclic) bond motifs is 1. The Labute approximate surface area is 117 Å². The van der Waals surface area contributed by atoms with Crippen LogP contribution in [0, 0.1) is 0 Å². The Balaban J connectivity index is 0.00000162. The maximum Gasteiger partial charge on any atom is 0.119 e. The summed E-state index contributed by atoms with van der Waals surface area (Å²) in [6.07, 6.45) is 6.32. The van der Waals surface area contributed by atoms with E-state index in [1.165, 1.54) is 43.2 Å². The van der Waals surface area contributed by atoms with E-state index in [-0.39, 0.29) is 12.4 Å². The Morgan fingerprint density at radius 2 is 1.89 bits per heavy atom. The van der Waals surface area contributed by atoms with Crippen molar-refractivity contribution >= 4 is 12.4 Å². The van der Waals surface area contributed by atoms with E-state index < -0.39 is 0 Å². The van der Waals surface area contributed by atoms with E-state index in [9.17, 15) is 0 Å². The van der Waals surface area contributed by atoms with E-state index in [2.05, 4.69) is 30.4 Å². The number of hydrogen-bond donors (Lipinski definition) is 1. The molecule has 1 aliphatic carbocycles. The Morgan fingerprint density at radius 1 is 1.11 bits per heavy atom. The van der Waals surface area contributed by atoms with E-state index in [4.69, 9.17) is 4.74 Å². The summed E-state index contributed by atoms with van der Waals surface area (Å²) in [5, 5.41) is 3.34. The number of aryl methyl sites for hydroxylation is 2. The van der Waals surface area contributed by atoms with Gasteiger partial charge in [-0.2, -0.15) is 0 Å². The number of halogens is 1. The molecule has 0 bridgehead atoms. The molecule has 1 N–H and O–H groups in total. The van der Waals surface area contributed by atoms with Crippen molar-refractivity contribution < 1.29 is 4.74 Å². The van der Waals surface area contributed by atoms with Gasteiger partial charge in [-0.15, -0.1) is 12.4 Å². The van der Waals surface area contributed by atoms with Gasteiger partial charge >= 0.3 is 0 Å². The molecule has 1 aromatic carbocycles. The first kappa shape index (κ1) is 15.3. The van der Waals surface area contributed by atoms with Gasteiger partial charge in [-0.25, -0.2) is 0 Å². The second-order valence-corrected chi connectivity index (χ2v) is 4.74. The molecular formula is C15H24ClNO. The quantitative estimate of drug-likeness (QED) is 0.800. The molecule has 18 heavy (non-hydrogen) atoms. The zero-order valence-electron chi connectivity index (χ0n) is 11.2. The number of rotatable bonds is 6. The molecule has 3 heteroatoms. The number of hydrogen-bond acceptors (Lipinski definition) is 2. The third-order valence-electron chi connectivity index (χ3n) is 3.29. The van der Waals surface area contributed by atoms with Crippen LogP contribution in [-0.2, 0) is 12.8 Å². The molecule has 1 aliphatic rings. The lowest BCUT2D eigenvalue weighted by Gasteiger charge is -2.16. The molecule has 0 heterocycles. The van der Waals surface area contributed by atoms with E-state index in [1.807, 2.05) is 0 Å². The summed E-state index contributed by atoms with van der Waals surface area (Å²) in [5.41, 5.74) is 3.02. The largest absolute Gasteiger partial charge is 0.492 e. The normalized spacial score (nSPS) is 13.6. The van der Waals surface area contributed by atoms with Crippen molar-refractivity contribution in [2.75, 3.05) is 19.7 Å². The van der Waals surface area contributed by atoms with Gasteiger partial charge in [0.25, 0.3) is 0 Å². The highest BCUT2D eigenvalue weighted by Crippen LogP contribution is 2.25. The van der Waals surface area contributed by atoms with E-state index in [0.717, 1.165) is 25.4 Å². The summed E-state index contributed by atoms with van der Waals surface area (Å²) in [7, 11) is 0. The van der Waals surface area contributed by atoms with Crippen LogP contribution in [-0.4, -0.2) is 19.7 Å². The Kier molecular flexibility index (Phi) is 7.14. The summed E-state index contributed by atoms with van der Waals surface area (Å²) in [5.74, 6) is 1.03. The van der Waals surface area contributed by atoms with Crippen molar-refractivity contribution in [1.29, 1.82) is 0 Å². The molecule has 102 valence electrons. The monoisotopic (exact) mass is 269 g/mol. The minimum atomic E-state index is 0. The second-order valence-electron chi connectivity index (χ2n) is 4.74. The smallest absolute Gasteiger partial charge is 0.119 e. The molecule has 0 unspecified atom stereocenters. The van der Waals surface area contributed by atoms with Gasteiger partial charge in [0.2, 0.25) is 0 Å². The average molecular weight is 270 g/mol. The van der Waals surface area contributed by atoms with Crippen LogP contribution < -0.4 is 10.1 Å². The fourth-order valence-corrected chi connectivity index (χ4v) is 2.34. The van der Waals surface area contributed by atoms with E-state index in [1.54, 1.807) is 0 Å². The predicted octanol–water partition coefficient (Wildman–Crippen LogP) is 3.37. The average Bonchev–Trinajstić information content (AvgIpc) is 2.38. The maximum absolute atomic E-state index is 5.76. The van der Waals surface area contributed by atoms with E-state index >= 15 is 0 Å². The number of benzene rings is 1. The van der Waals surface area contributed by atoms with Gasteiger partial charge in [0.05, 0.1) is 0 Å². The molecule has 0 saturated carbocycles. The van der Waals surface area contributed by atoms with Gasteiger partial charge in [-0.3, -0.25) is 0 Å². The standard InChI is InChI=1S/C15H23NO.ClH/c1-2-9-16-10-11-17-15-8-7-13-5-3-4-6-14(13)12-15;/h7-8,12,16H,2-6,9-11H2,1H3;1H. The Bertz CT molecular complexity index is 354. The third-order valence-corrected chi connectivity index (χ3v) is 3.29. The van der Waals surface area contributed by atoms with Crippen LogP contribution in [0.15, 0.2) is 18.2 Å². The SMILES string of the molecule is CCCNCCOc1ccc2c(c1)CCCC2.Cl. The lowest BCUT2D eigenvalue weighted by atomic mass is 9.92. The number of ether oxygens (including phenoxy) is 1. The van der Waals surface area contributed by atoms with Gasteiger partial charge in [0.15, 0.2) is 0 Å². The highest BCUT2D eigenvalue weighted by atomic mass is 35.5. The lowest BCUT2D eigenvalue weighted by Crippen LogP contribution is -2.21. The molecule has 0 spiro atoms. The highest BCUT2D eigenvalue weighted by Gasteiger charge is 2.09. The van der Waals surface area contributed by atoms with Crippen molar-refractivity contribution in [3.8, 4) is 5.75 Å². The van der Waals surface area contributed by atoms with Crippen LogP contribution in [0.4, 0.5) is 0 Å². The second kappa shape index (κ2) is 8.39. The summed E-state index contributed by atoms with van der Waals surface area (Å²) >= 11 is 0. The van der Waals surface area contributed by atoms with Crippen LogP contribution in [0.3, 0.4) is 0 Å². The van der Waals surface area contributed by atoms with Crippen molar-refractivity contribution in [1.82, 2.24) is 5.32 Å². The minimum Gasteiger partial charge on any atom is -0.492 e. The van der Waals surface area contributed by atoms with Gasteiger partial charge in [0.1, 0.15) is 12.4 Å². The summed E-state index contributed by atoms with van der Waals surface area (Å²) in [6.45, 7) is 4.95. The molecule has 0 fully saturated rings. The maximum atomic E-state index is 5.76. The molecule has 0 atom stereocenters. The van der Waals surface area contributed by atoms with Gasteiger partial charge in [-0.05, 0) is 61.9 Å². The molecule has 0 radical (unpaired) electrons. The van der Waals surface area contributed by atoms with Crippen molar-refractivity contribution in [2.24, 2.45) is 0 Å². The summed E-state index contributed by atoms with van der Waals surface area (Å²) in [4.78, 5) is 0. The van der Waals surface area contributed by atoms with Gasteiger partial charge < -0.3 is 10.1 Å². The molecule has 1 aromatic rings. The molecular weight excluding hydrogens is 246 g/mol. The molecule has 0 aromatic heterocycles. The van der Waals surface area contributed by atoms with Crippen LogP contribution in [0.2, 0.25) is 0 Å². The van der Waals surface area contributed by atoms with Crippen LogP contribution >= 0.6 is 12.4 Å². The molecule has 0 amide bonds. The summed E-state index contributed by atoms with van der Waals surface area (Å²) < 4.78 is 5.76. The van der Waals surface area contributed by atoms with E-state index in [0.29, 0.717) is 0 Å². The van der Waals surface area contributed by atoms with Crippen molar-refractivity contribution in [2.45, 2.75) is 39.0 Å². The van der Waals surface area contributed by atoms with Crippen molar-refractivity contribution in [3.63, 3.8) is 0 Å².